The molecule has 0 aliphatic heterocycles. The standard InChI is InChI=1S/C21H37N3O.C2HF3O2/c1-2-3-4-5-6-11-16-24-17-18-12-7-8-13-19(18)21(25)20(23)14-9-10-15-22;3-2(4,5)1(6)7/h7-8,12-13,20,24H,2-6,9-11,14-17,22-23H2,1H3;(H,6,7)/t20-;/m0./s1. The fourth-order valence-corrected chi connectivity index (χ4v) is 3.01. The molecule has 0 saturated carbocycles. The van der Waals surface area contributed by atoms with Gasteiger partial charge in [-0.15, -0.1) is 0 Å². The topological polar surface area (TPSA) is 118 Å². The van der Waals surface area contributed by atoms with Crippen LogP contribution in [0.4, 0.5) is 13.2 Å². The van der Waals surface area contributed by atoms with Crippen LogP contribution >= 0.6 is 0 Å². The van der Waals surface area contributed by atoms with E-state index in [1.165, 1.54) is 38.5 Å². The predicted octanol–water partition coefficient (Wildman–Crippen LogP) is 4.41. The molecule has 0 heterocycles. The van der Waals surface area contributed by atoms with Crippen LogP contribution in [0, 0.1) is 0 Å². The Bertz CT molecular complexity index is 655. The molecular formula is C23H38F3N3O3. The Balaban J connectivity index is 0.00000118. The van der Waals surface area contributed by atoms with Gasteiger partial charge in [-0.3, -0.25) is 4.79 Å². The molecule has 32 heavy (non-hydrogen) atoms. The summed E-state index contributed by atoms with van der Waals surface area (Å²) in [5, 5.41) is 10.6. The van der Waals surface area contributed by atoms with Crippen molar-refractivity contribution in [2.75, 3.05) is 13.1 Å². The Morgan fingerprint density at radius 2 is 1.62 bits per heavy atom. The monoisotopic (exact) mass is 461 g/mol. The fraction of sp³-hybridized carbons (Fsp3) is 0.652. The second kappa shape index (κ2) is 17.6. The first-order valence-electron chi connectivity index (χ1n) is 11.2. The van der Waals surface area contributed by atoms with Crippen molar-refractivity contribution in [3.05, 3.63) is 35.4 Å². The van der Waals surface area contributed by atoms with Gasteiger partial charge in [0.2, 0.25) is 0 Å². The average molecular weight is 462 g/mol. The van der Waals surface area contributed by atoms with Crippen LogP contribution in [0.3, 0.4) is 0 Å². The number of alkyl halides is 3. The Labute approximate surface area is 188 Å². The number of halogens is 3. The maximum atomic E-state index is 12.6. The van der Waals surface area contributed by atoms with E-state index >= 15 is 0 Å². The highest BCUT2D eigenvalue weighted by atomic mass is 19.4. The summed E-state index contributed by atoms with van der Waals surface area (Å²) in [7, 11) is 0. The third kappa shape index (κ3) is 14.2. The van der Waals surface area contributed by atoms with Crippen LogP contribution in [0.15, 0.2) is 24.3 Å². The zero-order valence-electron chi connectivity index (χ0n) is 18.9. The summed E-state index contributed by atoms with van der Waals surface area (Å²) >= 11 is 0. The molecule has 6 N–H and O–H groups in total. The first-order valence-corrected chi connectivity index (χ1v) is 11.2. The van der Waals surface area contributed by atoms with Crippen molar-refractivity contribution in [1.82, 2.24) is 5.32 Å². The number of benzene rings is 1. The molecular weight excluding hydrogens is 423 g/mol. The zero-order chi connectivity index (χ0) is 24.4. The van der Waals surface area contributed by atoms with Gasteiger partial charge < -0.3 is 21.9 Å². The third-order valence-electron chi connectivity index (χ3n) is 4.85. The fourth-order valence-electron chi connectivity index (χ4n) is 3.01. The predicted molar refractivity (Wildman–Crippen MR) is 120 cm³/mol. The van der Waals surface area contributed by atoms with Gasteiger partial charge in [-0.2, -0.15) is 13.2 Å². The molecule has 0 amide bonds. The summed E-state index contributed by atoms with van der Waals surface area (Å²) in [6.45, 7) is 4.62. The molecule has 0 radical (unpaired) electrons. The summed E-state index contributed by atoms with van der Waals surface area (Å²) in [5.41, 5.74) is 13.4. The Morgan fingerprint density at radius 1 is 1.03 bits per heavy atom. The number of carbonyl (C=O) groups is 2. The van der Waals surface area contributed by atoms with E-state index in [0.717, 1.165) is 37.1 Å². The van der Waals surface area contributed by atoms with E-state index in [4.69, 9.17) is 21.4 Å². The smallest absolute Gasteiger partial charge is 0.475 e. The van der Waals surface area contributed by atoms with Crippen LogP contribution in [0.2, 0.25) is 0 Å². The van der Waals surface area contributed by atoms with Crippen molar-refractivity contribution in [1.29, 1.82) is 0 Å². The summed E-state index contributed by atoms with van der Waals surface area (Å²) in [6, 6.07) is 7.39. The molecule has 0 bridgehead atoms. The van der Waals surface area contributed by atoms with Crippen LogP contribution in [-0.2, 0) is 11.3 Å². The van der Waals surface area contributed by atoms with E-state index < -0.39 is 18.2 Å². The minimum atomic E-state index is -5.08. The van der Waals surface area contributed by atoms with E-state index in [1.54, 1.807) is 0 Å². The van der Waals surface area contributed by atoms with Gasteiger partial charge in [0.1, 0.15) is 0 Å². The highest BCUT2D eigenvalue weighted by molar-refractivity contribution is 6.01. The van der Waals surface area contributed by atoms with Gasteiger partial charge in [-0.1, -0.05) is 69.7 Å². The minimum absolute atomic E-state index is 0.0500. The van der Waals surface area contributed by atoms with Gasteiger partial charge in [0.05, 0.1) is 6.04 Å². The number of hydrogen-bond donors (Lipinski definition) is 4. The average Bonchev–Trinajstić information content (AvgIpc) is 2.75. The van der Waals surface area contributed by atoms with Gasteiger partial charge in [0.25, 0.3) is 0 Å². The highest BCUT2D eigenvalue weighted by Crippen LogP contribution is 2.14. The molecule has 1 aromatic rings. The van der Waals surface area contributed by atoms with Gasteiger partial charge in [-0.25, -0.2) is 4.79 Å². The molecule has 9 heteroatoms. The van der Waals surface area contributed by atoms with E-state index in [2.05, 4.69) is 12.2 Å². The minimum Gasteiger partial charge on any atom is -0.475 e. The first kappa shape index (κ1) is 30.0. The van der Waals surface area contributed by atoms with Crippen LogP contribution < -0.4 is 16.8 Å². The molecule has 1 aromatic carbocycles. The molecule has 0 saturated heterocycles. The lowest BCUT2D eigenvalue weighted by atomic mass is 9.96. The number of aliphatic carboxylic acids is 1. The SMILES string of the molecule is CCCCCCCCNCc1ccccc1C(=O)[C@@H](N)CCCCN.O=C(O)C(F)(F)F. The van der Waals surface area contributed by atoms with Crippen molar-refractivity contribution in [3.63, 3.8) is 0 Å². The highest BCUT2D eigenvalue weighted by Gasteiger charge is 2.38. The van der Waals surface area contributed by atoms with Crippen LogP contribution in [0.25, 0.3) is 0 Å². The van der Waals surface area contributed by atoms with Gasteiger partial charge >= 0.3 is 12.1 Å². The number of hydrogen-bond acceptors (Lipinski definition) is 5. The quantitative estimate of drug-likeness (QED) is 0.227. The van der Waals surface area contributed by atoms with E-state index in [0.29, 0.717) is 13.0 Å². The molecule has 0 fully saturated rings. The lowest BCUT2D eigenvalue weighted by molar-refractivity contribution is -0.192. The number of nitrogens with two attached hydrogens (primary N) is 2. The number of Topliss-reactive ketones (excluding diaryl/α,β-unsaturated/α-hetero) is 1. The van der Waals surface area contributed by atoms with E-state index in [-0.39, 0.29) is 5.78 Å². The van der Waals surface area contributed by atoms with Gasteiger partial charge in [0.15, 0.2) is 5.78 Å². The van der Waals surface area contributed by atoms with Crippen LogP contribution in [-0.4, -0.2) is 42.2 Å². The molecule has 0 aromatic heterocycles. The summed E-state index contributed by atoms with van der Waals surface area (Å²) in [4.78, 5) is 21.5. The van der Waals surface area contributed by atoms with Crippen LogP contribution in [0.5, 0.6) is 0 Å². The number of carboxylic acid groups (broad SMARTS) is 1. The number of rotatable bonds is 15. The Morgan fingerprint density at radius 3 is 2.22 bits per heavy atom. The molecule has 6 nitrogen and oxygen atoms in total. The van der Waals surface area contributed by atoms with Crippen molar-refractivity contribution in [2.24, 2.45) is 11.5 Å². The maximum absolute atomic E-state index is 12.6. The first-order chi connectivity index (χ1) is 15.1. The number of nitrogens with one attached hydrogen (secondary N) is 1. The normalized spacial score (nSPS) is 12.1. The second-order valence-corrected chi connectivity index (χ2v) is 7.66. The molecule has 1 rings (SSSR count). The molecule has 184 valence electrons. The molecule has 0 unspecified atom stereocenters. The summed E-state index contributed by atoms with van der Waals surface area (Å²) in [6.07, 6.45) is 5.21. The third-order valence-corrected chi connectivity index (χ3v) is 4.85. The van der Waals surface area contributed by atoms with Crippen LogP contribution in [0.1, 0.15) is 80.6 Å². The van der Waals surface area contributed by atoms with Gasteiger partial charge in [-0.05, 0) is 37.9 Å². The molecule has 0 spiro atoms. The van der Waals surface area contributed by atoms with Gasteiger partial charge in [0, 0.05) is 12.1 Å². The van der Waals surface area contributed by atoms with E-state index in [1.807, 2.05) is 24.3 Å². The lowest BCUT2D eigenvalue weighted by Crippen LogP contribution is -2.31. The molecule has 0 aliphatic carbocycles. The zero-order valence-corrected chi connectivity index (χ0v) is 18.9. The number of carboxylic acids is 1. The van der Waals surface area contributed by atoms with Crippen molar-refractivity contribution in [2.45, 2.75) is 83.5 Å². The number of carbonyl (C=O) groups excluding carboxylic acids is 1. The summed E-state index contributed by atoms with van der Waals surface area (Å²) in [5.74, 6) is -2.71. The van der Waals surface area contributed by atoms with Crippen molar-refractivity contribution < 1.29 is 27.9 Å². The Kier molecular flexibility index (Phi) is 16.5. The lowest BCUT2D eigenvalue weighted by Gasteiger charge is -2.14. The molecule has 1 atom stereocenters. The van der Waals surface area contributed by atoms with E-state index in [9.17, 15) is 18.0 Å². The summed E-state index contributed by atoms with van der Waals surface area (Å²) < 4.78 is 31.7. The molecule has 0 aliphatic rings. The van der Waals surface area contributed by atoms with Crippen molar-refractivity contribution in [3.8, 4) is 0 Å². The number of unbranched alkanes of at least 4 members (excludes halogenated alkanes) is 6. The van der Waals surface area contributed by atoms with Crippen molar-refractivity contribution >= 4 is 11.8 Å². The second-order valence-electron chi connectivity index (χ2n) is 7.66. The maximum Gasteiger partial charge on any atom is 0.490 e. The Hall–Kier alpha value is -1.97. The largest absolute Gasteiger partial charge is 0.490 e. The number of ketones is 1.